The van der Waals surface area contributed by atoms with Crippen LogP contribution < -0.4 is 48.9 Å². The van der Waals surface area contributed by atoms with Gasteiger partial charge in [-0.05, 0) is 146 Å². The van der Waals surface area contributed by atoms with Crippen molar-refractivity contribution in [1.29, 1.82) is 0 Å². The van der Waals surface area contributed by atoms with E-state index in [4.69, 9.17) is 90.0 Å². The lowest BCUT2D eigenvalue weighted by Gasteiger charge is -2.24. The Morgan fingerprint density at radius 3 is 0.657 bits per heavy atom. The molecule has 4 aliphatic heterocycles. The molecule has 0 fully saturated rings. The van der Waals surface area contributed by atoms with E-state index >= 15 is 0 Å². The van der Waals surface area contributed by atoms with Crippen molar-refractivity contribution in [1.82, 2.24) is 8.47 Å². The van der Waals surface area contributed by atoms with E-state index in [1.54, 1.807) is 8.47 Å². The third-order valence-corrected chi connectivity index (χ3v) is 20.6. The van der Waals surface area contributed by atoms with Gasteiger partial charge in [-0.3, -0.25) is 8.47 Å². The highest BCUT2D eigenvalue weighted by Gasteiger charge is 2.46. The molecule has 0 radical (unpaired) electrons. The highest BCUT2D eigenvalue weighted by Crippen LogP contribution is 2.51. The second kappa shape index (κ2) is 24.4. The quantitative estimate of drug-likeness (QED) is 0.0683. The molecule has 14 aromatic rings. The van der Waals surface area contributed by atoms with Crippen molar-refractivity contribution in [2.45, 2.75) is 0 Å². The molecular formula is C80H48Cl2N8O8Si. The van der Waals surface area contributed by atoms with Gasteiger partial charge >= 0.3 is 7.02 Å². The summed E-state index contributed by atoms with van der Waals surface area (Å²) in [6.45, 7) is 0. The number of halogens is 2. The minimum atomic E-state index is -4.73. The maximum atomic E-state index is 8.71. The Bertz CT molecular complexity index is 5470. The van der Waals surface area contributed by atoms with Gasteiger partial charge in [0.25, 0.3) is 0 Å². The second-order valence-corrected chi connectivity index (χ2v) is 28.8. The molecule has 0 spiro atoms. The second-order valence-electron chi connectivity index (χ2n) is 23.1. The Balaban J connectivity index is 0.991. The molecule has 474 valence electrons. The highest BCUT2D eigenvalue weighted by molar-refractivity contribution is 7.44. The van der Waals surface area contributed by atoms with Gasteiger partial charge in [0.05, 0.1) is 0 Å². The van der Waals surface area contributed by atoms with Gasteiger partial charge in [-0.15, -0.1) is 0 Å². The molecule has 19 heteroatoms. The number of benzene rings is 12. The first-order chi connectivity index (χ1) is 48.7. The number of para-hydroxylation sites is 8. The van der Waals surface area contributed by atoms with Gasteiger partial charge in [0.1, 0.15) is 68.6 Å². The summed E-state index contributed by atoms with van der Waals surface area (Å²) >= 11 is 17.4. The molecule has 18 rings (SSSR count). The molecule has 16 nitrogen and oxygen atoms in total. The lowest BCUT2D eigenvalue weighted by molar-refractivity contribution is 0.418. The van der Waals surface area contributed by atoms with E-state index in [-0.39, 0.29) is 46.0 Å². The number of ether oxygens (including phenoxy) is 8. The van der Waals surface area contributed by atoms with Crippen LogP contribution in [-0.2, 0) is 0 Å². The summed E-state index contributed by atoms with van der Waals surface area (Å²) in [5.41, 5.74) is 2.64. The molecule has 0 amide bonds. The third-order valence-electron chi connectivity index (χ3n) is 16.7. The number of amidine groups is 4. The fraction of sp³-hybridized carbons (Fsp3) is 0. The summed E-state index contributed by atoms with van der Waals surface area (Å²) in [6.07, 6.45) is 0. The smallest absolute Gasteiger partial charge is 0.453 e. The van der Waals surface area contributed by atoms with Crippen molar-refractivity contribution in [2.75, 3.05) is 0 Å². The highest BCUT2D eigenvalue weighted by atomic mass is 35.7. The minimum Gasteiger partial charge on any atom is -0.453 e. The molecule has 4 aliphatic rings. The van der Waals surface area contributed by atoms with Crippen molar-refractivity contribution in [3.05, 3.63) is 324 Å². The molecule has 0 N–H and O–H groups in total. The molecule has 12 aromatic carbocycles. The molecule has 0 saturated heterocycles. The Morgan fingerprint density at radius 1 is 0.222 bits per heavy atom. The van der Waals surface area contributed by atoms with Crippen molar-refractivity contribution in [3.8, 4) is 92.0 Å². The van der Waals surface area contributed by atoms with Gasteiger partial charge in [-0.25, -0.2) is 30.0 Å². The van der Waals surface area contributed by atoms with Crippen LogP contribution in [0.5, 0.6) is 92.0 Å². The number of fused-ring (bicyclic) bond motifs is 14. The predicted molar refractivity (Wildman–Crippen MR) is 385 cm³/mol. The predicted octanol–water partition coefficient (Wildman–Crippen LogP) is 20.2. The van der Waals surface area contributed by atoms with Crippen LogP contribution in [0.3, 0.4) is 0 Å². The first kappa shape index (κ1) is 58.7. The van der Waals surface area contributed by atoms with Crippen molar-refractivity contribution < 1.29 is 37.9 Å². The Hall–Kier alpha value is -12.8. The van der Waals surface area contributed by atoms with E-state index in [0.717, 1.165) is 0 Å². The lowest BCUT2D eigenvalue weighted by atomic mass is 10.1. The van der Waals surface area contributed by atoms with Gasteiger partial charge in [-0.1, -0.05) is 168 Å². The maximum absolute atomic E-state index is 8.71. The standard InChI is InChI=1S/C80H48Cl2N8O8Si/c81-99(82)89-77-61-45-69(95-53-33-17-5-18-34-53)70(96-54-35-19-6-20-36-54)46-62(61)79(89)87-75-59-43-67(93-51-29-13-3-14-30-51)68(94-52-31-15-4-16-32-52)44-60(59)76(84-75)88-80-64-48-72(98-56-39-23-8-24-40-56)71(97-55-37-21-7-22-38-55)47-63(64)78(90(80)99)86-74-58-42-66(92-50-27-11-2-12-28-50)65(41-57(58)73(83-74)85-77)91-49-25-9-1-10-26-49/h1-48H. The largest absolute Gasteiger partial charge is 0.483 e. The van der Waals surface area contributed by atoms with Crippen LogP contribution in [-0.4, -0.2) is 38.8 Å². The van der Waals surface area contributed by atoms with Gasteiger partial charge in [0.2, 0.25) is 0 Å². The van der Waals surface area contributed by atoms with Crippen molar-refractivity contribution >= 4 is 85.7 Å². The summed E-state index contributed by atoms with van der Waals surface area (Å²) in [6, 6.07) is 90.6. The number of rotatable bonds is 16. The van der Waals surface area contributed by atoms with Crippen molar-refractivity contribution in [2.24, 2.45) is 30.0 Å². The topological polar surface area (TPSA) is 158 Å². The first-order valence-corrected chi connectivity index (χ1v) is 35.5. The summed E-state index contributed by atoms with van der Waals surface area (Å²) in [5, 5.41) is 1.98. The SMILES string of the molecule is Cl[Si]1(Cl)n2c3c4cc(Oc5ccccc5)c(Oc5ccccc5)cc4c2N=C2N=C(N=c4c5cc(Oc6ccccc6)c(Oc6ccccc6)cc5c(n41)=NC1=NC(=N3)c3cc(Oc4ccccc4)c(Oc4ccccc4)cc31)c1cc(Oc3ccccc3)c(Oc3ccccc3)cc12. The molecule has 0 unspecified atom stereocenters. The van der Waals surface area contributed by atoms with Gasteiger partial charge in [0.15, 0.2) is 69.3 Å². The molecular weight excluding hydrogens is 1300 g/mol. The summed E-state index contributed by atoms with van der Waals surface area (Å²) in [5.74, 6) is 8.59. The summed E-state index contributed by atoms with van der Waals surface area (Å²) in [7, 11) is -4.73. The summed E-state index contributed by atoms with van der Waals surface area (Å²) < 4.78 is 58.2. The average Bonchev–Trinajstić information content (AvgIpc) is 1.54. The number of hydrogen-bond donors (Lipinski definition) is 0. The molecule has 99 heavy (non-hydrogen) atoms. The van der Waals surface area contributed by atoms with Crippen molar-refractivity contribution in [3.63, 3.8) is 0 Å². The van der Waals surface area contributed by atoms with Crippen LogP contribution in [0.1, 0.15) is 22.3 Å². The van der Waals surface area contributed by atoms with Crippen LogP contribution in [0, 0.1) is 0 Å². The van der Waals surface area contributed by atoms with Crippen LogP contribution in [0.2, 0.25) is 0 Å². The molecule has 0 atom stereocenters. The zero-order valence-corrected chi connectivity index (χ0v) is 54.3. The zero-order valence-electron chi connectivity index (χ0n) is 51.8. The van der Waals surface area contributed by atoms with Crippen LogP contribution in [0.15, 0.2) is 321 Å². The Morgan fingerprint density at radius 2 is 0.424 bits per heavy atom. The Labute approximate surface area is 575 Å². The van der Waals surface area contributed by atoms with E-state index in [9.17, 15) is 0 Å². The van der Waals surface area contributed by atoms with Gasteiger partial charge in [0, 0.05) is 43.8 Å². The third kappa shape index (κ3) is 11.0. The molecule has 2 aromatic heterocycles. The molecule has 0 saturated carbocycles. The Kier molecular flexibility index (Phi) is 14.5. The average molecular weight is 1350 g/mol. The fourth-order valence-corrected chi connectivity index (χ4v) is 16.0. The summed E-state index contributed by atoms with van der Waals surface area (Å²) in [4.78, 5) is 33.5. The van der Waals surface area contributed by atoms with Crippen LogP contribution >= 0.6 is 22.2 Å². The van der Waals surface area contributed by atoms with E-state index in [0.29, 0.717) is 136 Å². The van der Waals surface area contributed by atoms with Crippen LogP contribution in [0.25, 0.3) is 21.5 Å². The van der Waals surface area contributed by atoms with E-state index in [1.807, 2.05) is 291 Å². The van der Waals surface area contributed by atoms with Crippen LogP contribution in [0.4, 0.5) is 11.6 Å². The molecule has 6 heterocycles. The van der Waals surface area contributed by atoms with E-state index < -0.39 is 7.02 Å². The van der Waals surface area contributed by atoms with E-state index in [2.05, 4.69) is 0 Å². The molecule has 6 bridgehead atoms. The van der Waals surface area contributed by atoms with Gasteiger partial charge in [-0.2, -0.15) is 0 Å². The normalized spacial score (nSPS) is 13.4. The number of nitrogens with zero attached hydrogens (tertiary/aromatic N) is 8. The number of hydrogen-bond acceptors (Lipinski definition) is 14. The first-order valence-electron chi connectivity index (χ1n) is 31.6. The maximum Gasteiger partial charge on any atom is 0.483 e. The number of aliphatic imine (C=N–C) groups is 4. The minimum absolute atomic E-state index is 0.231. The monoisotopic (exact) mass is 1350 g/mol. The fourth-order valence-electron chi connectivity index (χ4n) is 12.2. The lowest BCUT2D eigenvalue weighted by Crippen LogP contribution is -2.51. The molecule has 0 aliphatic carbocycles. The zero-order chi connectivity index (χ0) is 66.0. The van der Waals surface area contributed by atoms with E-state index in [1.165, 1.54) is 0 Å². The number of aromatic nitrogens is 2. The van der Waals surface area contributed by atoms with Gasteiger partial charge < -0.3 is 37.9 Å².